The van der Waals surface area contributed by atoms with E-state index >= 15 is 0 Å². The molecule has 0 saturated heterocycles. The van der Waals surface area contributed by atoms with E-state index in [0.29, 0.717) is 0 Å². The van der Waals surface area contributed by atoms with Crippen molar-refractivity contribution < 1.29 is 64.1 Å². The molecule has 0 amide bonds. The number of hydrogen-bond donors (Lipinski definition) is 0. The van der Waals surface area contributed by atoms with Crippen LogP contribution < -0.4 is 0 Å². The fourth-order valence-electron chi connectivity index (χ4n) is 0. The molecule has 0 saturated carbocycles. The maximum atomic E-state index is 8.93. The van der Waals surface area contributed by atoms with Crippen LogP contribution in [0.5, 0.6) is 0 Å². The summed E-state index contributed by atoms with van der Waals surface area (Å²) in [6.45, 7) is 3.06. The van der Waals surface area contributed by atoms with Crippen LogP contribution in [0, 0.1) is 0 Å². The monoisotopic (exact) mass is 416 g/mol. The molecule has 0 aromatic rings. The van der Waals surface area contributed by atoms with Gasteiger partial charge in [0.15, 0.2) is 0 Å². The van der Waals surface area contributed by atoms with Gasteiger partial charge in [-0.1, -0.05) is 0 Å². The second-order valence-electron chi connectivity index (χ2n) is 0.322. The van der Waals surface area contributed by atoms with Crippen molar-refractivity contribution >= 4 is 6.29 Å². The summed E-state index contributed by atoms with van der Waals surface area (Å²) >= 11 is 0. The van der Waals surface area contributed by atoms with Crippen LogP contribution in [0.1, 0.15) is 0 Å². The Labute approximate surface area is 82.4 Å². The third kappa shape index (κ3) is 38.7. The van der Waals surface area contributed by atoms with E-state index in [9.17, 15) is 0 Å². The van der Waals surface area contributed by atoms with Gasteiger partial charge in [0.1, 0.15) is 0 Å². The molecule has 0 radical (unpaired) electrons. The van der Waals surface area contributed by atoms with Crippen LogP contribution in [0.3, 0.4) is 0 Å². The van der Waals surface area contributed by atoms with E-state index in [1.54, 1.807) is 0 Å². The average Bonchev–Trinajstić information content (AvgIpc) is 1.37. The molecule has 0 aliphatic rings. The van der Waals surface area contributed by atoms with Gasteiger partial charge in [-0.2, -0.15) is 0 Å². The Morgan fingerprint density at radius 1 is 1.57 bits per heavy atom. The molecule has 0 spiro atoms. The van der Waals surface area contributed by atoms with Crippen molar-refractivity contribution in [2.45, 2.75) is 0 Å². The maximum Gasteiger partial charge on any atom is 1.00 e. The van der Waals surface area contributed by atoms with Crippen LogP contribution in [0.2, 0.25) is 0 Å². The van der Waals surface area contributed by atoms with E-state index in [2.05, 4.69) is 6.58 Å². The molecule has 0 aliphatic carbocycles. The number of hydrogen-bond acceptors (Lipinski definition) is 1. The first kappa shape index (κ1) is 23.9. The zero-order chi connectivity index (χ0) is 3.41. The third-order valence-electron chi connectivity index (χ3n) is 0.0833. The predicted octanol–water partition coefficient (Wildman–Crippen LogP) is 0.275. The van der Waals surface area contributed by atoms with Crippen LogP contribution in [0.15, 0.2) is 12.7 Å². The maximum absolute atomic E-state index is 8.93. The van der Waals surface area contributed by atoms with Gasteiger partial charge < -0.3 is 4.79 Å². The SMILES string of the molecule is C=C[C-]=O.[Au+].[Ni].[Pd]. The molecule has 52 valence electrons. The number of allylic oxidation sites excluding steroid dienone is 1. The minimum absolute atomic E-state index is 0. The summed E-state index contributed by atoms with van der Waals surface area (Å²) < 4.78 is 0. The Morgan fingerprint density at radius 3 is 1.71 bits per heavy atom. The topological polar surface area (TPSA) is 17.1 Å². The zero-order valence-electron chi connectivity index (χ0n) is 3.13. The summed E-state index contributed by atoms with van der Waals surface area (Å²) in [5.74, 6) is 0. The third-order valence-corrected chi connectivity index (χ3v) is 0.0833. The number of rotatable bonds is 1. The summed E-state index contributed by atoms with van der Waals surface area (Å²) in [6.07, 6.45) is 2.51. The van der Waals surface area contributed by atoms with E-state index in [1.165, 1.54) is 6.29 Å². The van der Waals surface area contributed by atoms with Gasteiger partial charge >= 0.3 is 22.4 Å². The van der Waals surface area contributed by atoms with Gasteiger partial charge in [0.2, 0.25) is 0 Å². The molecule has 1 nitrogen and oxygen atoms in total. The first-order chi connectivity index (χ1) is 1.91. The smallest absolute Gasteiger partial charge is 0.419 e. The van der Waals surface area contributed by atoms with Crippen molar-refractivity contribution in [3.8, 4) is 0 Å². The van der Waals surface area contributed by atoms with Gasteiger partial charge in [-0.05, 0) is 6.29 Å². The van der Waals surface area contributed by atoms with E-state index in [4.69, 9.17) is 4.79 Å². The van der Waals surface area contributed by atoms with Crippen molar-refractivity contribution in [1.29, 1.82) is 0 Å². The molecule has 0 aliphatic heterocycles. The summed E-state index contributed by atoms with van der Waals surface area (Å²) in [7, 11) is 0. The Bertz CT molecular complexity index is 35.9. The quantitative estimate of drug-likeness (QED) is 0.341. The van der Waals surface area contributed by atoms with Crippen LogP contribution >= 0.6 is 0 Å². The Kier molecular flexibility index (Phi) is 90.8. The van der Waals surface area contributed by atoms with Crippen molar-refractivity contribution in [2.75, 3.05) is 0 Å². The van der Waals surface area contributed by atoms with E-state index < -0.39 is 0 Å². The molecule has 0 aromatic carbocycles. The summed E-state index contributed by atoms with van der Waals surface area (Å²) in [4.78, 5) is 8.93. The van der Waals surface area contributed by atoms with Crippen LogP contribution in [-0.2, 0) is 64.1 Å². The minimum atomic E-state index is 0. The number of carbonyl (C=O) groups excluding carboxylic acids is 1. The Morgan fingerprint density at radius 2 is 1.71 bits per heavy atom. The predicted molar refractivity (Wildman–Crippen MR) is 15.9 cm³/mol. The molecule has 0 bridgehead atoms. The largest absolute Gasteiger partial charge is 1.00 e. The van der Waals surface area contributed by atoms with Crippen molar-refractivity contribution in [1.82, 2.24) is 0 Å². The minimum Gasteiger partial charge on any atom is -0.419 e. The van der Waals surface area contributed by atoms with Crippen molar-refractivity contribution in [3.05, 3.63) is 12.7 Å². The molecule has 0 heterocycles. The second kappa shape index (κ2) is 26.6. The van der Waals surface area contributed by atoms with Gasteiger partial charge in [-0.25, -0.2) is 12.7 Å². The molecular weight excluding hydrogens is 414 g/mol. The molecule has 7 heavy (non-hydrogen) atoms. The van der Waals surface area contributed by atoms with Crippen molar-refractivity contribution in [2.24, 2.45) is 0 Å². The standard InChI is InChI=1S/C3H3O.Au.Ni.Pd/c1-2-3-4;;;/h2H,1H2;;;/q-1;+1;;. The molecule has 0 N–H and O–H groups in total. The molecule has 0 aromatic heterocycles. The molecule has 4 heteroatoms. The van der Waals surface area contributed by atoms with Crippen molar-refractivity contribution in [3.63, 3.8) is 0 Å². The van der Waals surface area contributed by atoms with Gasteiger partial charge in [0, 0.05) is 36.9 Å². The molecule has 0 unspecified atom stereocenters. The van der Waals surface area contributed by atoms with Crippen LogP contribution in [0.4, 0.5) is 0 Å². The molecule has 0 fully saturated rings. The van der Waals surface area contributed by atoms with Gasteiger partial charge in [-0.15, -0.1) is 0 Å². The second-order valence-corrected chi connectivity index (χ2v) is 0.322. The Hall–Kier alpha value is 1.31. The van der Waals surface area contributed by atoms with E-state index in [-0.39, 0.29) is 59.3 Å². The first-order valence-corrected chi connectivity index (χ1v) is 0.901. The van der Waals surface area contributed by atoms with E-state index in [0.717, 1.165) is 6.08 Å². The summed E-state index contributed by atoms with van der Waals surface area (Å²) in [6, 6.07) is 0. The summed E-state index contributed by atoms with van der Waals surface area (Å²) in [5.41, 5.74) is 0. The fourth-order valence-corrected chi connectivity index (χ4v) is 0. The molecular formula is C3H3AuNiOPd. The normalized spacial score (nSPS) is 2.86. The van der Waals surface area contributed by atoms with Crippen LogP contribution in [-0.4, -0.2) is 6.29 Å². The average molecular weight is 417 g/mol. The summed E-state index contributed by atoms with van der Waals surface area (Å²) in [5, 5.41) is 0. The first-order valence-electron chi connectivity index (χ1n) is 0.901. The van der Waals surface area contributed by atoms with Crippen LogP contribution in [0.25, 0.3) is 0 Å². The molecule has 0 atom stereocenters. The van der Waals surface area contributed by atoms with Gasteiger partial charge in [0.05, 0.1) is 0 Å². The Balaban J connectivity index is -0.0000000150. The molecule has 0 rings (SSSR count). The fraction of sp³-hybridized carbons (Fsp3) is 0. The van der Waals surface area contributed by atoms with Gasteiger partial charge in [0.25, 0.3) is 0 Å². The van der Waals surface area contributed by atoms with Gasteiger partial charge in [-0.3, -0.25) is 0 Å². The zero-order valence-corrected chi connectivity index (χ0v) is 7.84. The van der Waals surface area contributed by atoms with E-state index in [1.807, 2.05) is 0 Å².